The van der Waals surface area contributed by atoms with Gasteiger partial charge in [-0.2, -0.15) is 0 Å². The highest BCUT2D eigenvalue weighted by molar-refractivity contribution is 5.91. The number of rotatable bonds is 3. The topological polar surface area (TPSA) is 32.3 Å². The summed E-state index contributed by atoms with van der Waals surface area (Å²) in [7, 11) is 5.60. The number of anilines is 1. The average molecular weight is 204 g/mol. The molecule has 0 radical (unpaired) electrons. The molecule has 1 aromatic rings. The number of hydrogen-bond acceptors (Lipinski definition) is 2. The Morgan fingerprint density at radius 1 is 1.27 bits per heavy atom. The standard InChI is InChI=1S/C12H16N2O/c1-13-12(15)9-6-10-4-7-11(8-5-10)14(2)3/h4-9H,1-3H3,(H,13,15)/b9-6+. The zero-order valence-electron chi connectivity index (χ0n) is 9.32. The van der Waals surface area contributed by atoms with E-state index in [4.69, 9.17) is 0 Å². The van der Waals surface area contributed by atoms with Gasteiger partial charge in [0.2, 0.25) is 5.91 Å². The maximum atomic E-state index is 11.0. The third-order valence-electron chi connectivity index (χ3n) is 2.08. The molecule has 0 atom stereocenters. The van der Waals surface area contributed by atoms with E-state index in [-0.39, 0.29) is 5.91 Å². The molecule has 0 saturated carbocycles. The van der Waals surface area contributed by atoms with E-state index in [1.807, 2.05) is 43.3 Å². The molecule has 3 heteroatoms. The smallest absolute Gasteiger partial charge is 0.243 e. The molecule has 0 bridgehead atoms. The van der Waals surface area contributed by atoms with Crippen LogP contribution in [0, 0.1) is 0 Å². The van der Waals surface area contributed by atoms with Gasteiger partial charge < -0.3 is 10.2 Å². The number of carbonyl (C=O) groups is 1. The number of nitrogens with zero attached hydrogens (tertiary/aromatic N) is 1. The lowest BCUT2D eigenvalue weighted by Crippen LogP contribution is -2.13. The first-order valence-electron chi connectivity index (χ1n) is 4.80. The summed E-state index contributed by atoms with van der Waals surface area (Å²) in [6, 6.07) is 8.00. The van der Waals surface area contributed by atoms with Gasteiger partial charge in [0.25, 0.3) is 0 Å². The van der Waals surface area contributed by atoms with Gasteiger partial charge in [-0.05, 0) is 23.8 Å². The van der Waals surface area contributed by atoms with Gasteiger partial charge in [-0.1, -0.05) is 12.1 Å². The van der Waals surface area contributed by atoms with Crippen LogP contribution in [0.1, 0.15) is 5.56 Å². The highest BCUT2D eigenvalue weighted by atomic mass is 16.1. The quantitative estimate of drug-likeness (QED) is 0.757. The Morgan fingerprint density at radius 2 is 1.87 bits per heavy atom. The molecule has 0 aliphatic heterocycles. The summed E-state index contributed by atoms with van der Waals surface area (Å²) in [6.45, 7) is 0. The number of nitrogens with one attached hydrogen (secondary N) is 1. The Balaban J connectivity index is 2.72. The Morgan fingerprint density at radius 3 is 2.33 bits per heavy atom. The second-order valence-corrected chi connectivity index (χ2v) is 3.43. The molecule has 0 aromatic heterocycles. The Hall–Kier alpha value is -1.77. The molecular formula is C12H16N2O. The zero-order chi connectivity index (χ0) is 11.3. The van der Waals surface area contributed by atoms with E-state index in [2.05, 4.69) is 5.32 Å². The maximum absolute atomic E-state index is 11.0. The molecule has 0 spiro atoms. The van der Waals surface area contributed by atoms with E-state index < -0.39 is 0 Å². The van der Waals surface area contributed by atoms with Crippen LogP contribution >= 0.6 is 0 Å². The van der Waals surface area contributed by atoms with E-state index in [1.165, 1.54) is 6.08 Å². The highest BCUT2D eigenvalue weighted by Gasteiger charge is 1.94. The van der Waals surface area contributed by atoms with Crippen LogP contribution in [0.25, 0.3) is 6.08 Å². The Kier molecular flexibility index (Phi) is 3.92. The lowest BCUT2D eigenvalue weighted by molar-refractivity contribution is -0.115. The molecule has 1 rings (SSSR count). The fourth-order valence-corrected chi connectivity index (χ4v) is 1.14. The van der Waals surface area contributed by atoms with Crippen molar-refractivity contribution in [3.63, 3.8) is 0 Å². The zero-order valence-corrected chi connectivity index (χ0v) is 9.32. The summed E-state index contributed by atoms with van der Waals surface area (Å²) in [5, 5.41) is 2.53. The van der Waals surface area contributed by atoms with E-state index in [1.54, 1.807) is 13.1 Å². The van der Waals surface area contributed by atoms with Gasteiger partial charge in [-0.3, -0.25) is 4.79 Å². The summed E-state index contributed by atoms with van der Waals surface area (Å²) in [5.41, 5.74) is 2.16. The molecule has 0 heterocycles. The van der Waals surface area contributed by atoms with Crippen LogP contribution in [0.15, 0.2) is 30.3 Å². The minimum atomic E-state index is -0.0910. The van der Waals surface area contributed by atoms with Crippen molar-refractivity contribution < 1.29 is 4.79 Å². The Bertz CT molecular complexity index is 352. The SMILES string of the molecule is CNC(=O)/C=C/c1ccc(N(C)C)cc1. The largest absolute Gasteiger partial charge is 0.378 e. The van der Waals surface area contributed by atoms with Gasteiger partial charge >= 0.3 is 0 Å². The molecule has 80 valence electrons. The lowest BCUT2D eigenvalue weighted by atomic mass is 10.2. The second kappa shape index (κ2) is 5.20. The van der Waals surface area contributed by atoms with Crippen LogP contribution in [0.2, 0.25) is 0 Å². The predicted molar refractivity (Wildman–Crippen MR) is 63.9 cm³/mol. The van der Waals surface area contributed by atoms with Crippen molar-refractivity contribution >= 4 is 17.7 Å². The first-order chi connectivity index (χ1) is 7.13. The van der Waals surface area contributed by atoms with Crippen LogP contribution in [-0.4, -0.2) is 27.1 Å². The molecule has 3 nitrogen and oxygen atoms in total. The van der Waals surface area contributed by atoms with Gasteiger partial charge in [0.15, 0.2) is 0 Å². The van der Waals surface area contributed by atoms with E-state index in [0.29, 0.717) is 0 Å². The number of carbonyl (C=O) groups excluding carboxylic acids is 1. The van der Waals surface area contributed by atoms with Crippen molar-refractivity contribution in [1.82, 2.24) is 5.32 Å². The summed E-state index contributed by atoms with van der Waals surface area (Å²) >= 11 is 0. The van der Waals surface area contributed by atoms with Gasteiger partial charge in [-0.15, -0.1) is 0 Å². The van der Waals surface area contributed by atoms with Crippen LogP contribution < -0.4 is 10.2 Å². The molecule has 0 aliphatic carbocycles. The van der Waals surface area contributed by atoms with Crippen molar-refractivity contribution in [2.24, 2.45) is 0 Å². The molecule has 1 aromatic carbocycles. The molecular weight excluding hydrogens is 188 g/mol. The lowest BCUT2D eigenvalue weighted by Gasteiger charge is -2.11. The summed E-state index contributed by atoms with van der Waals surface area (Å²) in [4.78, 5) is 13.0. The van der Waals surface area contributed by atoms with Gasteiger partial charge in [0.1, 0.15) is 0 Å². The number of hydrogen-bond donors (Lipinski definition) is 1. The molecule has 1 N–H and O–H groups in total. The fraction of sp³-hybridized carbons (Fsp3) is 0.250. The van der Waals surface area contributed by atoms with Crippen molar-refractivity contribution in [3.05, 3.63) is 35.9 Å². The summed E-state index contributed by atoms with van der Waals surface area (Å²) in [5.74, 6) is -0.0910. The van der Waals surface area contributed by atoms with Crippen molar-refractivity contribution in [2.45, 2.75) is 0 Å². The van der Waals surface area contributed by atoms with E-state index >= 15 is 0 Å². The molecule has 0 unspecified atom stereocenters. The molecule has 1 amide bonds. The third-order valence-corrected chi connectivity index (χ3v) is 2.08. The fourth-order valence-electron chi connectivity index (χ4n) is 1.14. The second-order valence-electron chi connectivity index (χ2n) is 3.43. The monoisotopic (exact) mass is 204 g/mol. The van der Waals surface area contributed by atoms with E-state index in [0.717, 1.165) is 11.3 Å². The van der Waals surface area contributed by atoms with Gasteiger partial charge in [0, 0.05) is 32.9 Å². The van der Waals surface area contributed by atoms with Gasteiger partial charge in [-0.25, -0.2) is 0 Å². The van der Waals surface area contributed by atoms with Crippen molar-refractivity contribution in [1.29, 1.82) is 0 Å². The number of amides is 1. The highest BCUT2D eigenvalue weighted by Crippen LogP contribution is 2.12. The summed E-state index contributed by atoms with van der Waals surface area (Å²) in [6.07, 6.45) is 3.31. The maximum Gasteiger partial charge on any atom is 0.243 e. The first kappa shape index (κ1) is 11.3. The molecule has 15 heavy (non-hydrogen) atoms. The Labute approximate surface area is 90.4 Å². The van der Waals surface area contributed by atoms with Crippen molar-refractivity contribution in [3.8, 4) is 0 Å². The molecule has 0 saturated heterocycles. The predicted octanol–water partition coefficient (Wildman–Crippen LogP) is 1.51. The molecule has 0 aliphatic rings. The number of benzene rings is 1. The van der Waals surface area contributed by atoms with Crippen LogP contribution in [0.4, 0.5) is 5.69 Å². The first-order valence-corrected chi connectivity index (χ1v) is 4.80. The third kappa shape index (κ3) is 3.46. The summed E-state index contributed by atoms with van der Waals surface area (Å²) < 4.78 is 0. The van der Waals surface area contributed by atoms with E-state index in [9.17, 15) is 4.79 Å². The van der Waals surface area contributed by atoms with Crippen molar-refractivity contribution in [2.75, 3.05) is 26.0 Å². The van der Waals surface area contributed by atoms with Crippen LogP contribution in [0.3, 0.4) is 0 Å². The number of likely N-dealkylation sites (N-methyl/N-ethyl adjacent to an activating group) is 1. The van der Waals surface area contributed by atoms with Crippen LogP contribution in [-0.2, 0) is 4.79 Å². The van der Waals surface area contributed by atoms with Gasteiger partial charge in [0.05, 0.1) is 0 Å². The minimum absolute atomic E-state index is 0.0910. The normalized spacial score (nSPS) is 10.3. The van der Waals surface area contributed by atoms with Crippen LogP contribution in [0.5, 0.6) is 0 Å². The minimum Gasteiger partial charge on any atom is -0.378 e. The molecule has 0 fully saturated rings. The average Bonchev–Trinajstić information content (AvgIpc) is 2.26.